The number of hydrogen-bond donors (Lipinski definition) is 0. The van der Waals surface area contributed by atoms with E-state index >= 15 is 0 Å². The number of carbonyl (C=O) groups excluding carboxylic acids is 1. The maximum atomic E-state index is 12.2. The Labute approximate surface area is 57.5 Å². The smallest absolute Gasteiger partial charge is 0.336 e. The molecule has 58 valence electrons. The van der Waals surface area contributed by atoms with Crippen LogP contribution in [0.1, 0.15) is 0 Å². The van der Waals surface area contributed by atoms with Crippen molar-refractivity contribution in [2.75, 3.05) is 13.8 Å². The van der Waals surface area contributed by atoms with E-state index in [4.69, 9.17) is 0 Å². The summed E-state index contributed by atoms with van der Waals surface area (Å²) in [6, 6.07) is 0. The van der Waals surface area contributed by atoms with Crippen molar-refractivity contribution >= 4 is 5.97 Å². The fraction of sp³-hybridized carbons (Fsp3) is 0.500. The van der Waals surface area contributed by atoms with Gasteiger partial charge < -0.3 is 4.74 Å². The third kappa shape index (κ3) is 2.13. The van der Waals surface area contributed by atoms with Crippen molar-refractivity contribution < 1.29 is 18.3 Å². The lowest BCUT2D eigenvalue weighted by Crippen LogP contribution is -2.15. The maximum Gasteiger partial charge on any atom is 0.336 e. The zero-order chi connectivity index (χ0) is 8.15. The van der Waals surface area contributed by atoms with Gasteiger partial charge in [0.25, 0.3) is 0 Å². The number of carbonyl (C=O) groups is 1. The molecule has 1 unspecified atom stereocenters. The first-order chi connectivity index (χ1) is 4.63. The van der Waals surface area contributed by atoms with Gasteiger partial charge in [-0.05, 0) is 0 Å². The highest BCUT2D eigenvalue weighted by Crippen LogP contribution is 2.06. The van der Waals surface area contributed by atoms with E-state index in [0.717, 1.165) is 7.11 Å². The Hall–Kier alpha value is -0.930. The zero-order valence-electron chi connectivity index (χ0n) is 5.56. The van der Waals surface area contributed by atoms with Crippen molar-refractivity contribution in [1.82, 2.24) is 0 Å². The molecule has 0 heterocycles. The highest BCUT2D eigenvalue weighted by atomic mass is 19.2. The van der Waals surface area contributed by atoms with Crippen LogP contribution >= 0.6 is 0 Å². The number of rotatable bonds is 3. The van der Waals surface area contributed by atoms with Crippen molar-refractivity contribution in [2.24, 2.45) is 0 Å². The summed E-state index contributed by atoms with van der Waals surface area (Å²) in [5, 5.41) is 0. The van der Waals surface area contributed by atoms with Crippen LogP contribution in [0.2, 0.25) is 0 Å². The highest BCUT2D eigenvalue weighted by molar-refractivity contribution is 5.88. The largest absolute Gasteiger partial charge is 0.466 e. The molecule has 1 atom stereocenters. The molecule has 0 amide bonds. The standard InChI is InChI=1S/C6H8F2O2/c1-4(5(8)3-7)6(9)10-2/h5H,1,3H2,2H3. The van der Waals surface area contributed by atoms with Crippen molar-refractivity contribution in [2.45, 2.75) is 6.17 Å². The van der Waals surface area contributed by atoms with Gasteiger partial charge in [-0.2, -0.15) is 0 Å². The van der Waals surface area contributed by atoms with Gasteiger partial charge in [0.15, 0.2) is 6.17 Å². The molecule has 0 fully saturated rings. The van der Waals surface area contributed by atoms with Crippen LogP contribution in [0.15, 0.2) is 12.2 Å². The lowest BCUT2D eigenvalue weighted by Gasteiger charge is -2.03. The molecule has 0 aliphatic carbocycles. The number of ether oxygens (including phenoxy) is 1. The average Bonchev–Trinajstić information content (AvgIpc) is 2.00. The Balaban J connectivity index is 3.95. The molecule has 0 aromatic heterocycles. The summed E-state index contributed by atoms with van der Waals surface area (Å²) in [6.45, 7) is 1.76. The van der Waals surface area contributed by atoms with E-state index in [1.165, 1.54) is 0 Å². The van der Waals surface area contributed by atoms with Crippen LogP contribution in [0.3, 0.4) is 0 Å². The summed E-state index contributed by atoms with van der Waals surface area (Å²) in [5.74, 6) is -0.912. The number of esters is 1. The molecule has 0 bridgehead atoms. The molecule has 0 aromatic carbocycles. The molecule has 4 heteroatoms. The quantitative estimate of drug-likeness (QED) is 0.443. The lowest BCUT2D eigenvalue weighted by molar-refractivity contribution is -0.136. The maximum absolute atomic E-state index is 12.2. The van der Waals surface area contributed by atoms with Gasteiger partial charge in [-0.1, -0.05) is 6.58 Å². The molecule has 10 heavy (non-hydrogen) atoms. The molecule has 0 spiro atoms. The van der Waals surface area contributed by atoms with Crippen LogP contribution < -0.4 is 0 Å². The van der Waals surface area contributed by atoms with Crippen LogP contribution in [0.4, 0.5) is 8.78 Å². The summed E-state index contributed by atoms with van der Waals surface area (Å²) in [7, 11) is 1.08. The number of halogens is 2. The van der Waals surface area contributed by atoms with Crippen LogP contribution in [0.5, 0.6) is 0 Å². The van der Waals surface area contributed by atoms with E-state index < -0.39 is 24.4 Å². The lowest BCUT2D eigenvalue weighted by atomic mass is 10.2. The SMILES string of the molecule is C=C(C(=O)OC)C(F)CF. The second kappa shape index (κ2) is 3.98. The van der Waals surface area contributed by atoms with Crippen LogP contribution in [0.25, 0.3) is 0 Å². The van der Waals surface area contributed by atoms with Gasteiger partial charge in [-0.3, -0.25) is 0 Å². The fourth-order valence-electron chi connectivity index (χ4n) is 0.352. The molecular weight excluding hydrogens is 142 g/mol. The van der Waals surface area contributed by atoms with Gasteiger partial charge >= 0.3 is 5.97 Å². The summed E-state index contributed by atoms with van der Waals surface area (Å²) < 4.78 is 27.8. The molecule has 0 saturated heterocycles. The van der Waals surface area contributed by atoms with Crippen LogP contribution in [-0.4, -0.2) is 25.9 Å². The molecule has 2 nitrogen and oxygen atoms in total. The average molecular weight is 150 g/mol. The van der Waals surface area contributed by atoms with Crippen molar-refractivity contribution in [3.8, 4) is 0 Å². The van der Waals surface area contributed by atoms with Crippen molar-refractivity contribution in [1.29, 1.82) is 0 Å². The van der Waals surface area contributed by atoms with Crippen molar-refractivity contribution in [3.63, 3.8) is 0 Å². The molecule has 0 saturated carbocycles. The van der Waals surface area contributed by atoms with Gasteiger partial charge in [0, 0.05) is 0 Å². The first-order valence-electron chi connectivity index (χ1n) is 2.60. The van der Waals surface area contributed by atoms with Gasteiger partial charge in [0.2, 0.25) is 0 Å². The van der Waals surface area contributed by atoms with E-state index in [0.29, 0.717) is 0 Å². The van der Waals surface area contributed by atoms with Crippen LogP contribution in [0, 0.1) is 0 Å². The molecule has 0 rings (SSSR count). The molecule has 0 radical (unpaired) electrons. The summed E-state index contributed by atoms with van der Waals surface area (Å²) in [6.07, 6.45) is -1.94. The number of hydrogen-bond acceptors (Lipinski definition) is 2. The highest BCUT2D eigenvalue weighted by Gasteiger charge is 2.17. The number of methoxy groups -OCH3 is 1. The summed E-state index contributed by atoms with van der Waals surface area (Å²) >= 11 is 0. The predicted octanol–water partition coefficient (Wildman–Crippen LogP) is 1.02. The van der Waals surface area contributed by atoms with Gasteiger partial charge in [-0.15, -0.1) is 0 Å². The minimum Gasteiger partial charge on any atom is -0.466 e. The Bertz CT molecular complexity index is 145. The second-order valence-electron chi connectivity index (χ2n) is 1.64. The third-order valence-electron chi connectivity index (χ3n) is 0.961. The Kier molecular flexibility index (Phi) is 3.61. The van der Waals surface area contributed by atoms with E-state index in [2.05, 4.69) is 11.3 Å². The van der Waals surface area contributed by atoms with E-state index in [1.54, 1.807) is 0 Å². The monoisotopic (exact) mass is 150 g/mol. The third-order valence-corrected chi connectivity index (χ3v) is 0.961. The molecule has 0 aliphatic heterocycles. The van der Waals surface area contributed by atoms with Crippen molar-refractivity contribution in [3.05, 3.63) is 12.2 Å². The molecule has 0 N–H and O–H groups in total. The first-order valence-corrected chi connectivity index (χ1v) is 2.60. The number of alkyl halides is 2. The van der Waals surface area contributed by atoms with Gasteiger partial charge in [0.05, 0.1) is 12.7 Å². The summed E-state index contributed by atoms with van der Waals surface area (Å²) in [5.41, 5.74) is -0.481. The predicted molar refractivity (Wildman–Crippen MR) is 32.0 cm³/mol. The summed E-state index contributed by atoms with van der Waals surface area (Å²) in [4.78, 5) is 10.4. The van der Waals surface area contributed by atoms with E-state index in [1.807, 2.05) is 0 Å². The van der Waals surface area contributed by atoms with Crippen LogP contribution in [-0.2, 0) is 9.53 Å². The fourth-order valence-corrected chi connectivity index (χ4v) is 0.352. The minimum absolute atomic E-state index is 0.481. The minimum atomic E-state index is -1.94. The first kappa shape index (κ1) is 9.07. The Morgan fingerprint density at radius 2 is 2.30 bits per heavy atom. The Morgan fingerprint density at radius 1 is 1.80 bits per heavy atom. The second-order valence-corrected chi connectivity index (χ2v) is 1.64. The van der Waals surface area contributed by atoms with Gasteiger partial charge in [0.1, 0.15) is 6.67 Å². The molecule has 0 aromatic rings. The molecule has 0 aliphatic rings. The van der Waals surface area contributed by atoms with E-state index in [9.17, 15) is 13.6 Å². The molecular formula is C6H8F2O2. The Morgan fingerprint density at radius 3 is 2.60 bits per heavy atom. The van der Waals surface area contributed by atoms with Gasteiger partial charge in [-0.25, -0.2) is 13.6 Å². The zero-order valence-corrected chi connectivity index (χ0v) is 5.56. The normalized spacial score (nSPS) is 12.3. The topological polar surface area (TPSA) is 26.3 Å². The van der Waals surface area contributed by atoms with E-state index in [-0.39, 0.29) is 0 Å².